The molecular formula is C16H12N2O2. The third-order valence-electron chi connectivity index (χ3n) is 2.44. The summed E-state index contributed by atoms with van der Waals surface area (Å²) in [5.74, 6) is -0.977. The SMILES string of the molecule is Cc1ccc(C#N)cc1.N#Cc1ccc(C(=O)O)cc1. The molecular weight excluding hydrogens is 252 g/mol. The van der Waals surface area contributed by atoms with Crippen LogP contribution in [0.1, 0.15) is 27.0 Å². The molecule has 1 N–H and O–H groups in total. The molecule has 0 radical (unpaired) electrons. The predicted octanol–water partition coefficient (Wildman–Crippen LogP) is 3.12. The number of aromatic carboxylic acids is 1. The molecule has 0 saturated heterocycles. The number of carboxylic acid groups (broad SMARTS) is 1. The summed E-state index contributed by atoms with van der Waals surface area (Å²) in [5.41, 5.74) is 2.58. The van der Waals surface area contributed by atoms with Gasteiger partial charge in [0.1, 0.15) is 0 Å². The lowest BCUT2D eigenvalue weighted by molar-refractivity contribution is 0.0697. The van der Waals surface area contributed by atoms with Crippen LogP contribution in [0.5, 0.6) is 0 Å². The number of hydrogen-bond donors (Lipinski definition) is 1. The van der Waals surface area contributed by atoms with Crippen molar-refractivity contribution in [2.24, 2.45) is 0 Å². The number of carboxylic acids is 1. The second-order valence-electron chi connectivity index (χ2n) is 3.97. The van der Waals surface area contributed by atoms with Crippen LogP contribution in [0.2, 0.25) is 0 Å². The van der Waals surface area contributed by atoms with Crippen LogP contribution in [0, 0.1) is 29.6 Å². The van der Waals surface area contributed by atoms with Crippen molar-refractivity contribution in [1.82, 2.24) is 0 Å². The maximum Gasteiger partial charge on any atom is 0.335 e. The van der Waals surface area contributed by atoms with E-state index in [1.54, 1.807) is 0 Å². The fraction of sp³-hybridized carbons (Fsp3) is 0.0625. The zero-order valence-electron chi connectivity index (χ0n) is 10.9. The van der Waals surface area contributed by atoms with Crippen molar-refractivity contribution in [2.75, 3.05) is 0 Å². The smallest absolute Gasteiger partial charge is 0.335 e. The van der Waals surface area contributed by atoms with Gasteiger partial charge in [0.25, 0.3) is 0 Å². The minimum atomic E-state index is -0.977. The molecule has 2 aromatic rings. The number of carbonyl (C=O) groups is 1. The van der Waals surface area contributed by atoms with Gasteiger partial charge in [-0.2, -0.15) is 10.5 Å². The van der Waals surface area contributed by atoms with E-state index >= 15 is 0 Å². The molecule has 0 spiro atoms. The average molecular weight is 264 g/mol. The first kappa shape index (κ1) is 14.9. The molecule has 4 heteroatoms. The van der Waals surface area contributed by atoms with Crippen molar-refractivity contribution in [2.45, 2.75) is 6.92 Å². The molecule has 0 saturated carbocycles. The van der Waals surface area contributed by atoms with Gasteiger partial charge in [-0.05, 0) is 43.3 Å². The maximum absolute atomic E-state index is 10.3. The van der Waals surface area contributed by atoms with Crippen LogP contribution < -0.4 is 0 Å². The number of nitriles is 2. The lowest BCUT2D eigenvalue weighted by Gasteiger charge is -1.91. The van der Waals surface area contributed by atoms with E-state index in [-0.39, 0.29) is 5.56 Å². The lowest BCUT2D eigenvalue weighted by atomic mass is 10.1. The van der Waals surface area contributed by atoms with Gasteiger partial charge in [-0.15, -0.1) is 0 Å². The molecule has 0 amide bonds. The molecule has 98 valence electrons. The minimum absolute atomic E-state index is 0.198. The van der Waals surface area contributed by atoms with Gasteiger partial charge < -0.3 is 5.11 Å². The highest BCUT2D eigenvalue weighted by atomic mass is 16.4. The number of hydrogen-bond acceptors (Lipinski definition) is 3. The van der Waals surface area contributed by atoms with E-state index in [1.165, 1.54) is 29.8 Å². The average Bonchev–Trinajstić information content (AvgIpc) is 2.49. The fourth-order valence-corrected chi connectivity index (χ4v) is 1.32. The monoisotopic (exact) mass is 264 g/mol. The van der Waals surface area contributed by atoms with E-state index in [0.717, 1.165) is 5.56 Å². The molecule has 0 unspecified atom stereocenters. The van der Waals surface area contributed by atoms with Gasteiger partial charge in [0.05, 0.1) is 28.8 Å². The summed E-state index contributed by atoms with van der Waals surface area (Å²) in [6, 6.07) is 17.2. The number of rotatable bonds is 1. The van der Waals surface area contributed by atoms with Gasteiger partial charge >= 0.3 is 5.97 Å². The van der Waals surface area contributed by atoms with Crippen molar-refractivity contribution in [3.05, 3.63) is 70.8 Å². The van der Waals surface area contributed by atoms with Gasteiger partial charge in [-0.25, -0.2) is 4.79 Å². The van der Waals surface area contributed by atoms with Gasteiger partial charge in [-0.3, -0.25) is 0 Å². The fourth-order valence-electron chi connectivity index (χ4n) is 1.32. The largest absolute Gasteiger partial charge is 0.478 e. The first-order valence-electron chi connectivity index (χ1n) is 5.77. The zero-order chi connectivity index (χ0) is 15.0. The van der Waals surface area contributed by atoms with E-state index in [9.17, 15) is 4.79 Å². The van der Waals surface area contributed by atoms with Crippen LogP contribution in [0.15, 0.2) is 48.5 Å². The van der Waals surface area contributed by atoms with Crippen LogP contribution in [0.3, 0.4) is 0 Å². The minimum Gasteiger partial charge on any atom is -0.478 e. The quantitative estimate of drug-likeness (QED) is 0.857. The molecule has 0 fully saturated rings. The zero-order valence-corrected chi connectivity index (χ0v) is 10.9. The standard InChI is InChI=1S/C8H5NO2.C8H7N/c9-5-6-1-3-7(4-2-6)8(10)11;1-7-2-4-8(6-9)5-3-7/h1-4H,(H,10,11);2-5H,1H3. The van der Waals surface area contributed by atoms with Gasteiger partial charge in [0.15, 0.2) is 0 Å². The molecule has 0 aliphatic rings. The van der Waals surface area contributed by atoms with Crippen LogP contribution in [0.25, 0.3) is 0 Å². The molecule has 0 aliphatic carbocycles. The highest BCUT2D eigenvalue weighted by molar-refractivity contribution is 5.87. The Bertz CT molecular complexity index is 660. The van der Waals surface area contributed by atoms with Crippen molar-refractivity contribution in [3.8, 4) is 12.1 Å². The normalized spacial score (nSPS) is 8.55. The van der Waals surface area contributed by atoms with E-state index in [1.807, 2.05) is 37.3 Å². The Hall–Kier alpha value is -3.11. The van der Waals surface area contributed by atoms with Crippen molar-refractivity contribution in [1.29, 1.82) is 10.5 Å². The van der Waals surface area contributed by atoms with Gasteiger partial charge in [-0.1, -0.05) is 17.7 Å². The highest BCUT2D eigenvalue weighted by Crippen LogP contribution is 2.02. The van der Waals surface area contributed by atoms with Crippen LogP contribution in [-0.4, -0.2) is 11.1 Å². The first-order chi connectivity index (χ1) is 9.56. The Kier molecular flexibility index (Phi) is 5.50. The lowest BCUT2D eigenvalue weighted by Crippen LogP contribution is -1.94. The summed E-state index contributed by atoms with van der Waals surface area (Å²) in [7, 11) is 0. The van der Waals surface area contributed by atoms with E-state index in [0.29, 0.717) is 5.56 Å². The Morgan fingerprint density at radius 3 is 1.65 bits per heavy atom. The number of aryl methyl sites for hydroxylation is 1. The Labute approximate surface area is 117 Å². The predicted molar refractivity (Wildman–Crippen MR) is 74.0 cm³/mol. The van der Waals surface area contributed by atoms with Crippen molar-refractivity contribution < 1.29 is 9.90 Å². The molecule has 0 aliphatic heterocycles. The molecule has 4 nitrogen and oxygen atoms in total. The van der Waals surface area contributed by atoms with Gasteiger partial charge in [0.2, 0.25) is 0 Å². The van der Waals surface area contributed by atoms with E-state index < -0.39 is 5.97 Å². The summed E-state index contributed by atoms with van der Waals surface area (Å²) in [4.78, 5) is 10.3. The maximum atomic E-state index is 10.3. The molecule has 2 rings (SSSR count). The number of benzene rings is 2. The van der Waals surface area contributed by atoms with Crippen LogP contribution in [-0.2, 0) is 0 Å². The Balaban J connectivity index is 0.000000204. The Morgan fingerprint density at radius 2 is 1.30 bits per heavy atom. The summed E-state index contributed by atoms with van der Waals surface area (Å²) >= 11 is 0. The summed E-state index contributed by atoms with van der Waals surface area (Å²) < 4.78 is 0. The number of nitrogens with zero attached hydrogens (tertiary/aromatic N) is 2. The van der Waals surface area contributed by atoms with E-state index in [4.69, 9.17) is 15.6 Å². The van der Waals surface area contributed by atoms with Crippen LogP contribution >= 0.6 is 0 Å². The molecule has 20 heavy (non-hydrogen) atoms. The third-order valence-corrected chi connectivity index (χ3v) is 2.44. The molecule has 0 bridgehead atoms. The Morgan fingerprint density at radius 1 is 0.900 bits per heavy atom. The molecule has 2 aromatic carbocycles. The summed E-state index contributed by atoms with van der Waals surface area (Å²) in [5, 5.41) is 25.2. The van der Waals surface area contributed by atoms with Gasteiger partial charge in [0, 0.05) is 0 Å². The summed E-state index contributed by atoms with van der Waals surface area (Å²) in [6.07, 6.45) is 0. The second kappa shape index (κ2) is 7.35. The highest BCUT2D eigenvalue weighted by Gasteiger charge is 1.99. The van der Waals surface area contributed by atoms with E-state index in [2.05, 4.69) is 6.07 Å². The van der Waals surface area contributed by atoms with Crippen molar-refractivity contribution in [3.63, 3.8) is 0 Å². The van der Waals surface area contributed by atoms with Crippen molar-refractivity contribution >= 4 is 5.97 Å². The molecule has 0 aromatic heterocycles. The summed E-state index contributed by atoms with van der Waals surface area (Å²) in [6.45, 7) is 2.00. The molecule has 0 atom stereocenters. The first-order valence-corrected chi connectivity index (χ1v) is 5.77. The topological polar surface area (TPSA) is 84.9 Å². The molecule has 0 heterocycles. The van der Waals surface area contributed by atoms with Crippen LogP contribution in [0.4, 0.5) is 0 Å². The third kappa shape index (κ3) is 4.64. The second-order valence-corrected chi connectivity index (χ2v) is 3.97.